The average molecular weight is 250 g/mol. The van der Waals surface area contributed by atoms with Gasteiger partial charge in [0.2, 0.25) is 5.91 Å². The molecule has 1 aliphatic rings. The summed E-state index contributed by atoms with van der Waals surface area (Å²) in [5.74, 6) is -0.150. The molecule has 1 atom stereocenters. The third-order valence-electron chi connectivity index (χ3n) is 3.40. The first-order valence-corrected chi connectivity index (χ1v) is 6.32. The van der Waals surface area contributed by atoms with Gasteiger partial charge in [0.1, 0.15) is 5.82 Å². The van der Waals surface area contributed by atoms with Gasteiger partial charge in [0.25, 0.3) is 0 Å². The zero-order valence-corrected chi connectivity index (χ0v) is 10.8. The lowest BCUT2D eigenvalue weighted by molar-refractivity contribution is -0.129. The van der Waals surface area contributed by atoms with Gasteiger partial charge in [0, 0.05) is 19.1 Å². The third-order valence-corrected chi connectivity index (χ3v) is 3.40. The van der Waals surface area contributed by atoms with Gasteiger partial charge in [-0.3, -0.25) is 4.79 Å². The Morgan fingerprint density at radius 1 is 1.56 bits per heavy atom. The molecule has 1 fully saturated rings. The minimum absolute atomic E-state index is 0.0303. The highest BCUT2D eigenvalue weighted by atomic mass is 19.1. The number of likely N-dealkylation sites (N-methyl/N-ethyl adjacent to an activating group) is 1. The van der Waals surface area contributed by atoms with Gasteiger partial charge in [0.15, 0.2) is 0 Å². The lowest BCUT2D eigenvalue weighted by Crippen LogP contribution is -2.37. The van der Waals surface area contributed by atoms with Gasteiger partial charge < -0.3 is 10.2 Å². The molecule has 3 nitrogen and oxygen atoms in total. The molecule has 0 aliphatic heterocycles. The Labute approximate surface area is 107 Å². The van der Waals surface area contributed by atoms with Crippen molar-refractivity contribution in [3.8, 4) is 0 Å². The maximum atomic E-state index is 13.1. The first kappa shape index (κ1) is 13.0. The molecule has 0 bridgehead atoms. The van der Waals surface area contributed by atoms with E-state index in [9.17, 15) is 9.18 Å². The van der Waals surface area contributed by atoms with Crippen LogP contribution in [0.4, 0.5) is 4.39 Å². The van der Waals surface area contributed by atoms with Gasteiger partial charge in [0.05, 0.1) is 6.54 Å². The van der Waals surface area contributed by atoms with Gasteiger partial charge in [-0.15, -0.1) is 0 Å². The lowest BCUT2D eigenvalue weighted by Gasteiger charge is -2.19. The van der Waals surface area contributed by atoms with Gasteiger partial charge in [-0.25, -0.2) is 4.39 Å². The molecule has 0 saturated heterocycles. The van der Waals surface area contributed by atoms with Crippen LogP contribution < -0.4 is 5.32 Å². The largest absolute Gasteiger partial charge is 0.342 e. The van der Waals surface area contributed by atoms with E-state index < -0.39 is 0 Å². The van der Waals surface area contributed by atoms with E-state index in [1.165, 1.54) is 12.1 Å². The predicted molar refractivity (Wildman–Crippen MR) is 68.6 cm³/mol. The summed E-state index contributed by atoms with van der Waals surface area (Å²) in [5, 5.41) is 3.13. The van der Waals surface area contributed by atoms with Gasteiger partial charge in [-0.05, 0) is 37.5 Å². The number of carbonyl (C=O) groups excluding carboxylic acids is 1. The van der Waals surface area contributed by atoms with Crippen molar-refractivity contribution in [2.75, 3.05) is 13.6 Å². The summed E-state index contributed by atoms with van der Waals surface area (Å²) in [6.45, 7) is 2.23. The molecule has 98 valence electrons. The van der Waals surface area contributed by atoms with Crippen molar-refractivity contribution in [2.45, 2.75) is 31.8 Å². The maximum Gasteiger partial charge on any atom is 0.236 e. The fourth-order valence-electron chi connectivity index (χ4n) is 1.92. The highest BCUT2D eigenvalue weighted by Gasteiger charge is 2.29. The number of benzene rings is 1. The molecule has 1 aromatic rings. The zero-order chi connectivity index (χ0) is 13.1. The number of hydrogen-bond acceptors (Lipinski definition) is 2. The summed E-state index contributed by atoms with van der Waals surface area (Å²) in [7, 11) is 1.84. The molecule has 0 spiro atoms. The van der Waals surface area contributed by atoms with Crippen molar-refractivity contribution < 1.29 is 9.18 Å². The number of hydrogen-bond donors (Lipinski definition) is 1. The van der Waals surface area contributed by atoms with Crippen molar-refractivity contribution in [3.63, 3.8) is 0 Å². The number of nitrogens with one attached hydrogen (secondary N) is 1. The topological polar surface area (TPSA) is 32.3 Å². The van der Waals surface area contributed by atoms with Crippen LogP contribution in [0.1, 0.15) is 31.4 Å². The number of halogens is 1. The summed E-state index contributed by atoms with van der Waals surface area (Å²) < 4.78 is 13.1. The molecule has 18 heavy (non-hydrogen) atoms. The quantitative estimate of drug-likeness (QED) is 0.868. The fourth-order valence-corrected chi connectivity index (χ4v) is 1.92. The van der Waals surface area contributed by atoms with E-state index in [1.807, 2.05) is 20.0 Å². The summed E-state index contributed by atoms with van der Waals surface area (Å²) in [4.78, 5) is 13.6. The number of amides is 1. The smallest absolute Gasteiger partial charge is 0.236 e. The molecule has 1 aromatic carbocycles. The van der Waals surface area contributed by atoms with Crippen molar-refractivity contribution in [1.29, 1.82) is 0 Å². The first-order chi connectivity index (χ1) is 8.58. The van der Waals surface area contributed by atoms with Gasteiger partial charge in [-0.1, -0.05) is 12.1 Å². The average Bonchev–Trinajstić information content (AvgIpc) is 3.18. The van der Waals surface area contributed by atoms with E-state index in [1.54, 1.807) is 11.0 Å². The van der Waals surface area contributed by atoms with E-state index in [2.05, 4.69) is 5.32 Å². The Morgan fingerprint density at radius 2 is 2.28 bits per heavy atom. The Bertz CT molecular complexity index is 432. The minimum Gasteiger partial charge on any atom is -0.342 e. The van der Waals surface area contributed by atoms with E-state index in [-0.39, 0.29) is 17.8 Å². The van der Waals surface area contributed by atoms with E-state index in [0.717, 1.165) is 18.4 Å². The third kappa shape index (κ3) is 3.29. The molecule has 1 amide bonds. The second kappa shape index (κ2) is 5.48. The molecule has 2 rings (SSSR count). The van der Waals surface area contributed by atoms with Crippen LogP contribution in [0.15, 0.2) is 24.3 Å². The minimum atomic E-state index is -0.248. The monoisotopic (exact) mass is 250 g/mol. The molecule has 0 unspecified atom stereocenters. The summed E-state index contributed by atoms with van der Waals surface area (Å²) in [5.41, 5.74) is 0.858. The Kier molecular flexibility index (Phi) is 3.97. The molecule has 4 heteroatoms. The van der Waals surface area contributed by atoms with Gasteiger partial charge >= 0.3 is 0 Å². The number of rotatable bonds is 5. The molecule has 0 heterocycles. The van der Waals surface area contributed by atoms with Crippen LogP contribution in [-0.2, 0) is 4.79 Å². The second-order valence-electron chi connectivity index (χ2n) is 4.89. The van der Waals surface area contributed by atoms with E-state index >= 15 is 0 Å². The van der Waals surface area contributed by atoms with Crippen LogP contribution in [0.2, 0.25) is 0 Å². The summed E-state index contributed by atoms with van der Waals surface area (Å²) in [6.07, 6.45) is 2.23. The zero-order valence-electron chi connectivity index (χ0n) is 10.8. The molecule has 0 aromatic heterocycles. The number of carbonyl (C=O) groups is 1. The van der Waals surface area contributed by atoms with Crippen molar-refractivity contribution in [3.05, 3.63) is 35.6 Å². The molecule has 1 aliphatic carbocycles. The summed E-state index contributed by atoms with van der Waals surface area (Å²) >= 11 is 0. The highest BCUT2D eigenvalue weighted by molar-refractivity contribution is 5.78. The maximum absolute atomic E-state index is 13.1. The molecule has 0 radical (unpaired) electrons. The van der Waals surface area contributed by atoms with Crippen molar-refractivity contribution >= 4 is 5.91 Å². The van der Waals surface area contributed by atoms with Crippen LogP contribution in [-0.4, -0.2) is 30.4 Å². The van der Waals surface area contributed by atoms with Gasteiger partial charge in [-0.2, -0.15) is 0 Å². The highest BCUT2D eigenvalue weighted by Crippen LogP contribution is 2.25. The molecule has 1 N–H and O–H groups in total. The predicted octanol–water partition coefficient (Wildman–Crippen LogP) is 2.10. The molecule has 1 saturated carbocycles. The van der Waals surface area contributed by atoms with E-state index in [4.69, 9.17) is 0 Å². The Morgan fingerprint density at radius 3 is 2.89 bits per heavy atom. The van der Waals surface area contributed by atoms with Crippen LogP contribution in [0.25, 0.3) is 0 Å². The van der Waals surface area contributed by atoms with E-state index in [0.29, 0.717) is 12.6 Å². The van der Waals surface area contributed by atoms with Crippen LogP contribution in [0.3, 0.4) is 0 Å². The van der Waals surface area contributed by atoms with Crippen LogP contribution >= 0.6 is 0 Å². The Balaban J connectivity index is 1.84. The normalized spacial score (nSPS) is 16.4. The van der Waals surface area contributed by atoms with Crippen LogP contribution in [0.5, 0.6) is 0 Å². The van der Waals surface area contributed by atoms with Crippen LogP contribution in [0, 0.1) is 5.82 Å². The Hall–Kier alpha value is -1.42. The summed E-state index contributed by atoms with van der Waals surface area (Å²) in [6, 6.07) is 6.85. The molecular weight excluding hydrogens is 231 g/mol. The molecular formula is C14H19FN2O. The first-order valence-electron chi connectivity index (χ1n) is 6.32. The SMILES string of the molecule is C[C@@H](NCC(=O)N(C)C1CC1)c1cccc(F)c1. The standard InChI is InChI=1S/C14H19FN2O/c1-10(11-4-3-5-12(15)8-11)16-9-14(18)17(2)13-6-7-13/h3-5,8,10,13,16H,6-7,9H2,1-2H3/t10-/m1/s1. The lowest BCUT2D eigenvalue weighted by atomic mass is 10.1. The fraction of sp³-hybridized carbons (Fsp3) is 0.500. The van der Waals surface area contributed by atoms with Crippen molar-refractivity contribution in [1.82, 2.24) is 10.2 Å². The number of nitrogens with zero attached hydrogens (tertiary/aromatic N) is 1. The van der Waals surface area contributed by atoms with Crippen molar-refractivity contribution in [2.24, 2.45) is 0 Å². The second-order valence-corrected chi connectivity index (χ2v) is 4.89.